The summed E-state index contributed by atoms with van der Waals surface area (Å²) in [5.41, 5.74) is 1.43. The van der Waals surface area contributed by atoms with Gasteiger partial charge in [-0.25, -0.2) is 0 Å². The monoisotopic (exact) mass is 275 g/mol. The van der Waals surface area contributed by atoms with Gasteiger partial charge in [0.05, 0.1) is 0 Å². The zero-order valence-corrected chi connectivity index (χ0v) is 11.4. The first-order chi connectivity index (χ1) is 7.74. The Morgan fingerprint density at radius 3 is 2.35 bits per heavy atom. The highest BCUT2D eigenvalue weighted by Gasteiger charge is 2.35. The molecule has 2 N–H and O–H groups in total. The fraction of sp³-hybridized carbons (Fsp3) is 0.538. The van der Waals surface area contributed by atoms with Crippen molar-refractivity contribution in [2.75, 3.05) is 6.61 Å². The van der Waals surface area contributed by atoms with E-state index in [1.165, 1.54) is 24.8 Å². The normalized spacial score (nSPS) is 17.1. The summed E-state index contributed by atoms with van der Waals surface area (Å²) >= 11 is 5.84. The van der Waals surface area contributed by atoms with Gasteiger partial charge in [-0.1, -0.05) is 23.7 Å². The van der Waals surface area contributed by atoms with Gasteiger partial charge in [-0.3, -0.25) is 0 Å². The van der Waals surface area contributed by atoms with E-state index in [2.05, 4.69) is 5.32 Å². The van der Waals surface area contributed by atoms with Gasteiger partial charge in [-0.05, 0) is 43.4 Å². The number of rotatable bonds is 5. The first-order valence-electron chi connectivity index (χ1n) is 5.84. The molecule has 1 aliphatic carbocycles. The zero-order chi connectivity index (χ0) is 11.4. The molecule has 0 bridgehead atoms. The minimum atomic E-state index is 0. The molecule has 0 spiro atoms. The van der Waals surface area contributed by atoms with E-state index in [4.69, 9.17) is 16.7 Å². The van der Waals surface area contributed by atoms with Crippen LogP contribution in [0.25, 0.3) is 0 Å². The number of hydrogen-bond acceptors (Lipinski definition) is 2. The van der Waals surface area contributed by atoms with Gasteiger partial charge in [0, 0.05) is 23.7 Å². The fourth-order valence-electron chi connectivity index (χ4n) is 2.22. The molecule has 0 aromatic heterocycles. The van der Waals surface area contributed by atoms with Crippen LogP contribution in [0.5, 0.6) is 0 Å². The Morgan fingerprint density at radius 1 is 1.24 bits per heavy atom. The summed E-state index contributed by atoms with van der Waals surface area (Å²) < 4.78 is 0. The van der Waals surface area contributed by atoms with Crippen LogP contribution < -0.4 is 5.32 Å². The van der Waals surface area contributed by atoms with Crippen molar-refractivity contribution in [1.29, 1.82) is 0 Å². The number of nitrogens with one attached hydrogen (secondary N) is 1. The van der Waals surface area contributed by atoms with Gasteiger partial charge in [0.15, 0.2) is 0 Å². The predicted octanol–water partition coefficient (Wildman–Crippen LogP) is 3.16. The van der Waals surface area contributed by atoms with Crippen LogP contribution in [0.4, 0.5) is 0 Å². The molecule has 0 saturated heterocycles. The predicted molar refractivity (Wildman–Crippen MR) is 73.8 cm³/mol. The van der Waals surface area contributed by atoms with Crippen LogP contribution in [0.15, 0.2) is 24.3 Å². The molecule has 2 rings (SSSR count). The number of benzene rings is 1. The second-order valence-electron chi connectivity index (χ2n) is 4.59. The van der Waals surface area contributed by atoms with Gasteiger partial charge < -0.3 is 10.4 Å². The third kappa shape index (κ3) is 3.85. The number of halogens is 2. The first kappa shape index (κ1) is 14.8. The average molecular weight is 276 g/mol. The molecule has 1 aromatic carbocycles. The summed E-state index contributed by atoms with van der Waals surface area (Å²) in [5, 5.41) is 13.4. The molecule has 96 valence electrons. The summed E-state index contributed by atoms with van der Waals surface area (Å²) in [4.78, 5) is 0. The maximum Gasteiger partial charge on any atom is 0.0448 e. The van der Waals surface area contributed by atoms with Gasteiger partial charge >= 0.3 is 0 Å². The summed E-state index contributed by atoms with van der Waals surface area (Å²) in [6, 6.07) is 7.91. The molecule has 4 heteroatoms. The average Bonchev–Trinajstić information content (AvgIpc) is 2.24. The summed E-state index contributed by atoms with van der Waals surface area (Å²) in [5.74, 6) is 0. The second kappa shape index (κ2) is 6.60. The Bertz CT molecular complexity index is 336. The van der Waals surface area contributed by atoms with Gasteiger partial charge in [-0.15, -0.1) is 12.4 Å². The lowest BCUT2D eigenvalue weighted by Crippen LogP contribution is -2.51. The summed E-state index contributed by atoms with van der Waals surface area (Å²) in [7, 11) is 0. The van der Waals surface area contributed by atoms with Crippen molar-refractivity contribution in [2.24, 2.45) is 0 Å². The van der Waals surface area contributed by atoms with E-state index < -0.39 is 0 Å². The molecule has 0 atom stereocenters. The van der Waals surface area contributed by atoms with Crippen LogP contribution >= 0.6 is 24.0 Å². The van der Waals surface area contributed by atoms with Crippen LogP contribution in [0, 0.1) is 0 Å². The third-order valence-corrected chi connectivity index (χ3v) is 3.73. The lowest BCUT2D eigenvalue weighted by molar-refractivity contribution is 0.130. The highest BCUT2D eigenvalue weighted by atomic mass is 35.5. The Hall–Kier alpha value is -0.280. The number of aliphatic hydroxyl groups excluding tert-OH is 1. The molecule has 1 aromatic rings. The molecule has 0 unspecified atom stereocenters. The van der Waals surface area contributed by atoms with Crippen LogP contribution in [-0.4, -0.2) is 17.3 Å². The van der Waals surface area contributed by atoms with Crippen molar-refractivity contribution in [1.82, 2.24) is 5.32 Å². The van der Waals surface area contributed by atoms with Crippen LogP contribution in [0.3, 0.4) is 0 Å². The molecule has 0 radical (unpaired) electrons. The van der Waals surface area contributed by atoms with Crippen molar-refractivity contribution >= 4 is 24.0 Å². The van der Waals surface area contributed by atoms with Crippen LogP contribution in [0.1, 0.15) is 31.2 Å². The summed E-state index contributed by atoms with van der Waals surface area (Å²) in [6.07, 6.45) is 4.50. The molecular weight excluding hydrogens is 257 g/mol. The fourth-order valence-corrected chi connectivity index (χ4v) is 2.35. The smallest absolute Gasteiger partial charge is 0.0448 e. The van der Waals surface area contributed by atoms with Crippen molar-refractivity contribution in [3.05, 3.63) is 34.9 Å². The van der Waals surface area contributed by atoms with Crippen molar-refractivity contribution < 1.29 is 5.11 Å². The number of aliphatic hydroxyl groups is 1. The maximum absolute atomic E-state index is 9.04. The molecule has 1 fully saturated rings. The Balaban J connectivity index is 0.00000144. The van der Waals surface area contributed by atoms with E-state index in [0.29, 0.717) is 0 Å². The lowest BCUT2D eigenvalue weighted by atomic mass is 9.74. The van der Waals surface area contributed by atoms with E-state index in [-0.39, 0.29) is 24.6 Å². The highest BCUT2D eigenvalue weighted by Crippen LogP contribution is 2.34. The minimum Gasteiger partial charge on any atom is -0.396 e. The molecule has 0 amide bonds. The standard InChI is InChI=1S/C13H18ClNO.ClH/c14-12-4-2-11(3-5-12)10-15-13(8-9-16)6-1-7-13;/h2-5,15-16H,1,6-10H2;1H. The van der Waals surface area contributed by atoms with Gasteiger partial charge in [0.2, 0.25) is 0 Å². The Labute approximate surface area is 114 Å². The van der Waals surface area contributed by atoms with Crippen molar-refractivity contribution in [3.63, 3.8) is 0 Å². The zero-order valence-electron chi connectivity index (χ0n) is 9.79. The molecular formula is C13H19Cl2NO. The van der Waals surface area contributed by atoms with Crippen LogP contribution in [-0.2, 0) is 6.54 Å². The van der Waals surface area contributed by atoms with E-state index in [1.807, 2.05) is 24.3 Å². The minimum absolute atomic E-state index is 0. The second-order valence-corrected chi connectivity index (χ2v) is 5.02. The molecule has 17 heavy (non-hydrogen) atoms. The van der Waals surface area contributed by atoms with Crippen molar-refractivity contribution in [3.8, 4) is 0 Å². The molecule has 0 aliphatic heterocycles. The Kier molecular flexibility index (Phi) is 5.74. The van der Waals surface area contributed by atoms with E-state index >= 15 is 0 Å². The topological polar surface area (TPSA) is 32.3 Å². The quantitative estimate of drug-likeness (QED) is 0.865. The molecule has 2 nitrogen and oxygen atoms in total. The van der Waals surface area contributed by atoms with E-state index in [1.54, 1.807) is 0 Å². The molecule has 1 aliphatic rings. The van der Waals surface area contributed by atoms with E-state index in [0.717, 1.165) is 18.0 Å². The Morgan fingerprint density at radius 2 is 1.88 bits per heavy atom. The first-order valence-corrected chi connectivity index (χ1v) is 6.22. The molecule has 1 saturated carbocycles. The SMILES string of the molecule is Cl.OCCC1(NCc2ccc(Cl)cc2)CCC1. The molecule has 0 heterocycles. The summed E-state index contributed by atoms with van der Waals surface area (Å²) in [6.45, 7) is 1.13. The highest BCUT2D eigenvalue weighted by molar-refractivity contribution is 6.30. The number of hydrogen-bond donors (Lipinski definition) is 2. The van der Waals surface area contributed by atoms with Gasteiger partial charge in [0.1, 0.15) is 0 Å². The third-order valence-electron chi connectivity index (χ3n) is 3.48. The van der Waals surface area contributed by atoms with Gasteiger partial charge in [-0.2, -0.15) is 0 Å². The maximum atomic E-state index is 9.04. The van der Waals surface area contributed by atoms with Crippen LogP contribution in [0.2, 0.25) is 5.02 Å². The van der Waals surface area contributed by atoms with E-state index in [9.17, 15) is 0 Å². The lowest BCUT2D eigenvalue weighted by Gasteiger charge is -2.42. The largest absolute Gasteiger partial charge is 0.396 e. The van der Waals surface area contributed by atoms with Gasteiger partial charge in [0.25, 0.3) is 0 Å². The van der Waals surface area contributed by atoms with Crippen molar-refractivity contribution in [2.45, 2.75) is 37.8 Å².